The van der Waals surface area contributed by atoms with Gasteiger partial charge in [0.1, 0.15) is 0 Å². The summed E-state index contributed by atoms with van der Waals surface area (Å²) in [5.74, 6) is 0.0972. The molecule has 1 heteroatoms. The topological polar surface area (TPSA) is 17.1 Å². The Morgan fingerprint density at radius 2 is 1.86 bits per heavy atom. The van der Waals surface area contributed by atoms with Gasteiger partial charge in [-0.1, -0.05) is 37.6 Å². The molecular weight excluding hydrogens is 172 g/mol. The lowest BCUT2D eigenvalue weighted by molar-refractivity contribution is -0.110. The second-order valence-corrected chi connectivity index (χ2v) is 4.39. The van der Waals surface area contributed by atoms with E-state index in [4.69, 9.17) is 0 Å². The van der Waals surface area contributed by atoms with Crippen LogP contribution in [0.3, 0.4) is 0 Å². The predicted molar refractivity (Wildman–Crippen MR) is 57.9 cm³/mol. The third kappa shape index (κ3) is 1.20. The highest BCUT2D eigenvalue weighted by Gasteiger charge is 2.30. The van der Waals surface area contributed by atoms with Crippen molar-refractivity contribution in [1.29, 1.82) is 0 Å². The highest BCUT2D eigenvalue weighted by Crippen LogP contribution is 2.42. The number of hydrogen-bond acceptors (Lipinski definition) is 1. The third-order valence-electron chi connectivity index (χ3n) is 3.20. The summed E-state index contributed by atoms with van der Waals surface area (Å²) >= 11 is 0. The zero-order valence-electron chi connectivity index (χ0n) is 8.79. The maximum absolute atomic E-state index is 11.3. The number of allylic oxidation sites excluding steroid dienone is 8. The largest absolute Gasteiger partial charge is 0.290 e. The fourth-order valence-electron chi connectivity index (χ4n) is 1.86. The van der Waals surface area contributed by atoms with Crippen LogP contribution in [-0.4, -0.2) is 5.78 Å². The summed E-state index contributed by atoms with van der Waals surface area (Å²) in [5.41, 5.74) is 3.60. The van der Waals surface area contributed by atoms with Gasteiger partial charge in [-0.25, -0.2) is 0 Å². The number of rotatable bonds is 0. The highest BCUT2D eigenvalue weighted by molar-refractivity contribution is 6.02. The Balaban J connectivity index is 2.58. The molecule has 0 unspecified atom stereocenters. The first-order valence-electron chi connectivity index (χ1n) is 4.85. The first-order valence-corrected chi connectivity index (χ1v) is 4.85. The van der Waals surface area contributed by atoms with E-state index in [9.17, 15) is 4.79 Å². The second-order valence-electron chi connectivity index (χ2n) is 4.39. The van der Waals surface area contributed by atoms with Crippen molar-refractivity contribution in [2.45, 2.75) is 20.8 Å². The lowest BCUT2D eigenvalue weighted by atomic mass is 9.70. The van der Waals surface area contributed by atoms with Crippen LogP contribution in [0.5, 0.6) is 0 Å². The summed E-state index contributed by atoms with van der Waals surface area (Å²) in [6.45, 7) is 6.42. The number of hydrogen-bond donors (Lipinski definition) is 0. The van der Waals surface area contributed by atoms with Crippen LogP contribution in [0.4, 0.5) is 0 Å². The first-order chi connectivity index (χ1) is 6.51. The molecule has 2 rings (SSSR count). The molecule has 0 bridgehead atoms. The molecule has 72 valence electrons. The summed E-state index contributed by atoms with van der Waals surface area (Å²) in [6, 6.07) is 0. The fourth-order valence-corrected chi connectivity index (χ4v) is 1.86. The van der Waals surface area contributed by atoms with Crippen molar-refractivity contribution in [2.75, 3.05) is 0 Å². The van der Waals surface area contributed by atoms with Gasteiger partial charge in [0.2, 0.25) is 0 Å². The van der Waals surface area contributed by atoms with Gasteiger partial charge in [-0.2, -0.15) is 0 Å². The van der Waals surface area contributed by atoms with Gasteiger partial charge >= 0.3 is 0 Å². The minimum absolute atomic E-state index is 0.00942. The number of carbonyl (C=O) groups excluding carboxylic acids is 1. The van der Waals surface area contributed by atoms with Crippen LogP contribution < -0.4 is 0 Å². The Hall–Kier alpha value is -1.37. The second kappa shape index (κ2) is 2.81. The Morgan fingerprint density at radius 1 is 1.14 bits per heavy atom. The molecular formula is C13H14O. The van der Waals surface area contributed by atoms with Gasteiger partial charge in [0.25, 0.3) is 0 Å². The van der Waals surface area contributed by atoms with Crippen molar-refractivity contribution in [3.05, 3.63) is 47.1 Å². The van der Waals surface area contributed by atoms with Crippen LogP contribution in [0.2, 0.25) is 0 Å². The maximum Gasteiger partial charge on any atom is 0.178 e. The van der Waals surface area contributed by atoms with E-state index in [0.29, 0.717) is 0 Å². The monoisotopic (exact) mass is 186 g/mol. The average molecular weight is 186 g/mol. The Labute approximate surface area is 84.5 Å². The molecule has 2 aliphatic carbocycles. The average Bonchev–Trinajstić information content (AvgIpc) is 2.13. The molecule has 0 aromatic rings. The number of carbonyl (C=O) groups is 1. The van der Waals surface area contributed by atoms with Gasteiger partial charge in [-0.3, -0.25) is 4.79 Å². The van der Waals surface area contributed by atoms with Crippen LogP contribution in [0.1, 0.15) is 20.8 Å². The summed E-state index contributed by atoms with van der Waals surface area (Å²) in [7, 11) is 0. The van der Waals surface area contributed by atoms with Crippen molar-refractivity contribution >= 4 is 5.78 Å². The molecule has 0 spiro atoms. The van der Waals surface area contributed by atoms with E-state index in [2.05, 4.69) is 32.9 Å². The van der Waals surface area contributed by atoms with Gasteiger partial charge in [0, 0.05) is 5.41 Å². The molecule has 1 nitrogen and oxygen atoms in total. The van der Waals surface area contributed by atoms with E-state index in [-0.39, 0.29) is 11.2 Å². The van der Waals surface area contributed by atoms with Crippen molar-refractivity contribution in [3.63, 3.8) is 0 Å². The molecule has 0 amide bonds. The van der Waals surface area contributed by atoms with Crippen molar-refractivity contribution in [1.82, 2.24) is 0 Å². The minimum atomic E-state index is -0.00942. The normalized spacial score (nSPS) is 23.6. The molecule has 0 saturated carbocycles. The molecule has 0 atom stereocenters. The van der Waals surface area contributed by atoms with E-state index in [1.54, 1.807) is 12.2 Å². The molecule has 0 fully saturated rings. The van der Waals surface area contributed by atoms with Crippen LogP contribution in [0.25, 0.3) is 0 Å². The highest BCUT2D eigenvalue weighted by atomic mass is 16.1. The van der Waals surface area contributed by atoms with Crippen LogP contribution in [0.15, 0.2) is 47.1 Å². The van der Waals surface area contributed by atoms with E-state index < -0.39 is 0 Å². The van der Waals surface area contributed by atoms with Gasteiger partial charge in [-0.15, -0.1) is 0 Å². The first kappa shape index (κ1) is 9.20. The summed E-state index contributed by atoms with van der Waals surface area (Å²) in [6.07, 6.45) is 9.49. The molecule has 2 aliphatic rings. The van der Waals surface area contributed by atoms with Gasteiger partial charge < -0.3 is 0 Å². The zero-order valence-corrected chi connectivity index (χ0v) is 8.79. The molecule has 14 heavy (non-hydrogen) atoms. The lowest BCUT2D eigenvalue weighted by Crippen LogP contribution is -2.22. The smallest absolute Gasteiger partial charge is 0.178 e. The summed E-state index contributed by atoms with van der Waals surface area (Å²) in [5, 5.41) is 0. The van der Waals surface area contributed by atoms with E-state index in [1.165, 1.54) is 11.1 Å². The number of fused-ring (bicyclic) bond motifs is 1. The third-order valence-corrected chi connectivity index (χ3v) is 3.20. The minimum Gasteiger partial charge on any atom is -0.290 e. The molecule has 0 aromatic carbocycles. The van der Waals surface area contributed by atoms with Crippen molar-refractivity contribution in [2.24, 2.45) is 5.41 Å². The summed E-state index contributed by atoms with van der Waals surface area (Å²) < 4.78 is 0. The molecule has 0 aliphatic heterocycles. The lowest BCUT2D eigenvalue weighted by Gasteiger charge is -2.33. The quantitative estimate of drug-likeness (QED) is 0.568. The molecule has 0 aromatic heterocycles. The fraction of sp³-hybridized carbons (Fsp3) is 0.308. The standard InChI is InChI=1S/C13H14O/c1-9-4-5-10-6-7-11(14)8-12(10)13(9,2)3/h4-8H,1-3H3. The van der Waals surface area contributed by atoms with E-state index >= 15 is 0 Å². The van der Waals surface area contributed by atoms with Gasteiger partial charge in [0.15, 0.2) is 5.78 Å². The van der Waals surface area contributed by atoms with Crippen LogP contribution >= 0.6 is 0 Å². The van der Waals surface area contributed by atoms with Crippen molar-refractivity contribution in [3.8, 4) is 0 Å². The van der Waals surface area contributed by atoms with Crippen molar-refractivity contribution < 1.29 is 4.79 Å². The van der Waals surface area contributed by atoms with E-state index in [0.717, 1.165) is 5.57 Å². The van der Waals surface area contributed by atoms with Gasteiger partial charge in [-0.05, 0) is 30.2 Å². The Morgan fingerprint density at radius 3 is 2.57 bits per heavy atom. The molecule has 0 radical (unpaired) electrons. The Bertz CT molecular complexity index is 415. The number of ketones is 1. The molecule has 0 heterocycles. The van der Waals surface area contributed by atoms with Crippen LogP contribution in [-0.2, 0) is 4.79 Å². The van der Waals surface area contributed by atoms with Gasteiger partial charge in [0.05, 0.1) is 0 Å². The van der Waals surface area contributed by atoms with E-state index in [1.807, 2.05) is 6.08 Å². The Kier molecular flexibility index (Phi) is 1.84. The maximum atomic E-state index is 11.3. The SMILES string of the molecule is CC1=CC=C2C=CC(=O)C=C2C1(C)C. The zero-order chi connectivity index (χ0) is 10.3. The molecule has 0 N–H and O–H groups in total. The molecule has 0 saturated heterocycles. The van der Waals surface area contributed by atoms with Crippen LogP contribution in [0, 0.1) is 5.41 Å². The predicted octanol–water partition coefficient (Wildman–Crippen LogP) is 2.96. The summed E-state index contributed by atoms with van der Waals surface area (Å²) in [4.78, 5) is 11.3.